The molecule has 7 heteroatoms. The Morgan fingerprint density at radius 2 is 1.75 bits per heavy atom. The highest BCUT2D eigenvalue weighted by Gasteiger charge is 2.32. The van der Waals surface area contributed by atoms with Gasteiger partial charge < -0.3 is 11.5 Å². The fraction of sp³-hybridized carbons (Fsp3) is 0.222. The van der Waals surface area contributed by atoms with Crippen molar-refractivity contribution in [2.24, 2.45) is 16.5 Å². The molecule has 1 rings (SSSR count). The summed E-state index contributed by atoms with van der Waals surface area (Å²) in [5.74, 6) is -0.230. The summed E-state index contributed by atoms with van der Waals surface area (Å²) in [6.07, 6.45) is -4.38. The largest absolute Gasteiger partial charge is 0.416 e. The lowest BCUT2D eigenvalue weighted by Gasteiger charge is -2.10. The number of nitrogens with two attached hydrogens (primary N) is 2. The van der Waals surface area contributed by atoms with E-state index in [1.807, 2.05) is 0 Å². The van der Waals surface area contributed by atoms with Crippen LogP contribution in [0.25, 0.3) is 0 Å². The predicted octanol–water partition coefficient (Wildman–Crippen LogP) is 1.90. The topological polar surface area (TPSA) is 64.4 Å². The molecule has 0 aliphatic heterocycles. The van der Waals surface area contributed by atoms with E-state index in [1.54, 1.807) is 0 Å². The normalized spacial score (nSPS) is 10.4. The van der Waals surface area contributed by atoms with Crippen LogP contribution in [0.3, 0.4) is 0 Å². The quantitative estimate of drug-likeness (QED) is 0.625. The van der Waals surface area contributed by atoms with Crippen molar-refractivity contribution in [2.75, 3.05) is 0 Å². The van der Waals surface area contributed by atoms with E-state index in [0.29, 0.717) is 0 Å². The summed E-state index contributed by atoms with van der Waals surface area (Å²) in [4.78, 5) is 3.54. The van der Waals surface area contributed by atoms with Gasteiger partial charge in [0, 0.05) is 0 Å². The van der Waals surface area contributed by atoms with E-state index >= 15 is 0 Å². The van der Waals surface area contributed by atoms with Crippen molar-refractivity contribution in [1.82, 2.24) is 0 Å². The van der Waals surface area contributed by atoms with Gasteiger partial charge in [-0.1, -0.05) is 18.2 Å². The first-order valence-electron chi connectivity index (χ1n) is 4.12. The molecule has 0 atom stereocenters. The summed E-state index contributed by atoms with van der Waals surface area (Å²) in [5.41, 5.74) is 9.43. The second-order valence-electron chi connectivity index (χ2n) is 2.90. The number of rotatable bonds is 2. The molecule has 3 nitrogen and oxygen atoms in total. The van der Waals surface area contributed by atoms with Crippen LogP contribution in [0, 0.1) is 0 Å². The summed E-state index contributed by atoms with van der Waals surface area (Å²) >= 11 is 0. The lowest BCUT2D eigenvalue weighted by Crippen LogP contribution is -2.23. The smallest absolute Gasteiger partial charge is 0.370 e. The summed E-state index contributed by atoms with van der Waals surface area (Å²) in [7, 11) is 0. The Morgan fingerprint density at radius 1 is 1.19 bits per heavy atom. The molecule has 4 N–H and O–H groups in total. The number of hydrogen-bond donors (Lipinski definition) is 2. The number of guanidine groups is 1. The molecule has 0 saturated carbocycles. The van der Waals surface area contributed by atoms with Crippen LogP contribution in [-0.4, -0.2) is 5.96 Å². The van der Waals surface area contributed by atoms with Crippen LogP contribution in [0.5, 0.6) is 0 Å². The Hall–Kier alpha value is -1.43. The maximum absolute atomic E-state index is 12.5. The van der Waals surface area contributed by atoms with Gasteiger partial charge in [-0.25, -0.2) is 4.99 Å². The van der Waals surface area contributed by atoms with E-state index in [4.69, 9.17) is 11.5 Å². The fourth-order valence-corrected chi connectivity index (χ4v) is 1.11. The Kier molecular flexibility index (Phi) is 5.10. The van der Waals surface area contributed by atoms with Gasteiger partial charge in [0.05, 0.1) is 12.1 Å². The van der Waals surface area contributed by atoms with Crippen LogP contribution in [0.1, 0.15) is 11.1 Å². The second kappa shape index (κ2) is 5.60. The molecule has 0 spiro atoms. The first kappa shape index (κ1) is 14.6. The summed E-state index contributed by atoms with van der Waals surface area (Å²) in [5, 5.41) is 0. The Labute approximate surface area is 96.8 Å². The maximum Gasteiger partial charge on any atom is 0.416 e. The van der Waals surface area contributed by atoms with E-state index in [-0.39, 0.29) is 30.5 Å². The number of alkyl halides is 3. The molecule has 0 unspecified atom stereocenters. The fourth-order valence-electron chi connectivity index (χ4n) is 1.11. The summed E-state index contributed by atoms with van der Waals surface area (Å²) in [6, 6.07) is 5.17. The minimum atomic E-state index is -4.38. The SMILES string of the molecule is Cl.NC(N)=NCc1ccccc1C(F)(F)F. The second-order valence-corrected chi connectivity index (χ2v) is 2.90. The lowest BCUT2D eigenvalue weighted by atomic mass is 10.1. The van der Waals surface area contributed by atoms with E-state index in [1.165, 1.54) is 18.2 Å². The summed E-state index contributed by atoms with van der Waals surface area (Å²) in [6.45, 7) is -0.169. The molecule has 0 fully saturated rings. The van der Waals surface area contributed by atoms with Crippen LogP contribution in [0.15, 0.2) is 29.3 Å². The molecule has 1 aromatic rings. The zero-order valence-corrected chi connectivity index (χ0v) is 8.98. The third kappa shape index (κ3) is 3.98. The highest BCUT2D eigenvalue weighted by molar-refractivity contribution is 5.85. The van der Waals surface area contributed by atoms with Crippen molar-refractivity contribution in [3.05, 3.63) is 35.4 Å². The molecular weight excluding hydrogens is 243 g/mol. The maximum atomic E-state index is 12.5. The van der Waals surface area contributed by atoms with Gasteiger partial charge in [0.15, 0.2) is 5.96 Å². The molecule has 0 aromatic heterocycles. The van der Waals surface area contributed by atoms with Crippen LogP contribution in [0.4, 0.5) is 13.2 Å². The molecule has 90 valence electrons. The summed E-state index contributed by atoms with van der Waals surface area (Å²) < 4.78 is 37.4. The standard InChI is InChI=1S/C9H10F3N3.ClH/c10-9(11,12)7-4-2-1-3-6(7)5-15-8(13)14;/h1-4H,5H2,(H4,13,14,15);1H. The average molecular weight is 254 g/mol. The van der Waals surface area contributed by atoms with Crippen LogP contribution >= 0.6 is 12.4 Å². The number of nitrogens with zero attached hydrogens (tertiary/aromatic N) is 1. The van der Waals surface area contributed by atoms with Gasteiger partial charge in [0.1, 0.15) is 0 Å². The van der Waals surface area contributed by atoms with Crippen molar-refractivity contribution in [2.45, 2.75) is 12.7 Å². The molecule has 0 saturated heterocycles. The van der Waals surface area contributed by atoms with Gasteiger partial charge in [-0.15, -0.1) is 12.4 Å². The predicted molar refractivity (Wildman–Crippen MR) is 58.2 cm³/mol. The monoisotopic (exact) mass is 253 g/mol. The molecule has 16 heavy (non-hydrogen) atoms. The van der Waals surface area contributed by atoms with E-state index in [9.17, 15) is 13.2 Å². The number of benzene rings is 1. The molecule has 0 heterocycles. The Balaban J connectivity index is 0.00000225. The zero-order chi connectivity index (χ0) is 11.5. The van der Waals surface area contributed by atoms with Gasteiger partial charge in [-0.2, -0.15) is 13.2 Å². The molecule has 1 aromatic carbocycles. The van der Waals surface area contributed by atoms with E-state index in [2.05, 4.69) is 4.99 Å². The van der Waals surface area contributed by atoms with Gasteiger partial charge in [-0.3, -0.25) is 0 Å². The number of aliphatic imine (C=N–C) groups is 1. The lowest BCUT2D eigenvalue weighted by molar-refractivity contribution is -0.138. The number of halogens is 4. The molecular formula is C9H11ClF3N3. The van der Waals surface area contributed by atoms with Crippen molar-refractivity contribution >= 4 is 18.4 Å². The Bertz CT molecular complexity index is 373. The van der Waals surface area contributed by atoms with E-state index < -0.39 is 11.7 Å². The van der Waals surface area contributed by atoms with Crippen molar-refractivity contribution in [3.8, 4) is 0 Å². The zero-order valence-electron chi connectivity index (χ0n) is 8.16. The molecule has 0 amide bonds. The first-order valence-corrected chi connectivity index (χ1v) is 4.12. The molecule has 0 bridgehead atoms. The van der Waals surface area contributed by atoms with Crippen LogP contribution < -0.4 is 11.5 Å². The highest BCUT2D eigenvalue weighted by Crippen LogP contribution is 2.31. The average Bonchev–Trinajstić information content (AvgIpc) is 2.13. The third-order valence-corrected chi connectivity index (χ3v) is 1.75. The van der Waals surface area contributed by atoms with Gasteiger partial charge in [0.2, 0.25) is 0 Å². The molecule has 0 aliphatic carbocycles. The van der Waals surface area contributed by atoms with Gasteiger partial charge in [0.25, 0.3) is 0 Å². The minimum Gasteiger partial charge on any atom is -0.370 e. The van der Waals surface area contributed by atoms with Crippen molar-refractivity contribution in [1.29, 1.82) is 0 Å². The van der Waals surface area contributed by atoms with Crippen molar-refractivity contribution < 1.29 is 13.2 Å². The Morgan fingerprint density at radius 3 is 2.25 bits per heavy atom. The van der Waals surface area contributed by atoms with Crippen LogP contribution in [0.2, 0.25) is 0 Å². The van der Waals surface area contributed by atoms with Crippen molar-refractivity contribution in [3.63, 3.8) is 0 Å². The minimum absolute atomic E-state index is 0. The molecule has 0 radical (unpaired) electrons. The first-order chi connectivity index (χ1) is 6.91. The highest BCUT2D eigenvalue weighted by atomic mass is 35.5. The molecule has 0 aliphatic rings. The number of hydrogen-bond acceptors (Lipinski definition) is 1. The third-order valence-electron chi connectivity index (χ3n) is 1.75. The van der Waals surface area contributed by atoms with Crippen LogP contribution in [-0.2, 0) is 12.7 Å². The van der Waals surface area contributed by atoms with Gasteiger partial charge in [-0.05, 0) is 11.6 Å². The van der Waals surface area contributed by atoms with E-state index in [0.717, 1.165) is 6.07 Å². The van der Waals surface area contributed by atoms with Gasteiger partial charge >= 0.3 is 6.18 Å².